The molecular weight excluding hydrogens is 266 g/mol. The fraction of sp³-hybridized carbons (Fsp3) is 0.182. The Bertz CT molecular complexity index is 743. The number of aromatic carboxylic acids is 1. The van der Waals surface area contributed by atoms with Gasteiger partial charge >= 0.3 is 5.97 Å². The molecule has 102 valence electrons. The summed E-state index contributed by atoms with van der Waals surface area (Å²) in [6, 6.07) is 3.42. The van der Waals surface area contributed by atoms with Crippen molar-refractivity contribution in [3.8, 4) is 11.6 Å². The molecule has 0 amide bonds. The summed E-state index contributed by atoms with van der Waals surface area (Å²) in [7, 11) is 0. The molecule has 0 spiro atoms. The number of furan rings is 1. The number of hydrogen-bond acceptors (Lipinski definition) is 7. The number of nitrogens with zero attached hydrogens (tertiary/aromatic N) is 5. The Morgan fingerprint density at radius 1 is 1.50 bits per heavy atom. The lowest BCUT2D eigenvalue weighted by Crippen LogP contribution is -2.06. The summed E-state index contributed by atoms with van der Waals surface area (Å²) in [5, 5.41) is 20.0. The highest BCUT2D eigenvalue weighted by Gasteiger charge is 2.17. The summed E-state index contributed by atoms with van der Waals surface area (Å²) in [6.45, 7) is 1.74. The van der Waals surface area contributed by atoms with Crippen molar-refractivity contribution in [2.24, 2.45) is 0 Å². The van der Waals surface area contributed by atoms with E-state index in [1.807, 2.05) is 0 Å². The Kier molecular flexibility index (Phi) is 2.78. The van der Waals surface area contributed by atoms with Crippen LogP contribution in [-0.2, 0) is 6.54 Å². The van der Waals surface area contributed by atoms with Gasteiger partial charge in [0.25, 0.3) is 0 Å². The summed E-state index contributed by atoms with van der Waals surface area (Å²) in [6.07, 6.45) is 1.51. The Hall–Kier alpha value is -2.97. The fourth-order valence-electron chi connectivity index (χ4n) is 1.66. The van der Waals surface area contributed by atoms with Crippen molar-refractivity contribution in [2.45, 2.75) is 13.5 Å². The third-order valence-electron chi connectivity index (χ3n) is 2.68. The van der Waals surface area contributed by atoms with E-state index in [2.05, 4.69) is 20.5 Å². The van der Waals surface area contributed by atoms with Gasteiger partial charge in [0.1, 0.15) is 6.54 Å². The zero-order valence-corrected chi connectivity index (χ0v) is 10.3. The van der Waals surface area contributed by atoms with E-state index in [4.69, 9.17) is 14.0 Å². The number of carboxylic acids is 1. The zero-order valence-electron chi connectivity index (χ0n) is 10.3. The molecule has 0 unspecified atom stereocenters. The van der Waals surface area contributed by atoms with Crippen LogP contribution in [0.25, 0.3) is 11.6 Å². The lowest BCUT2D eigenvalue weighted by molar-refractivity contribution is 0.0689. The molecule has 1 N–H and O–H groups in total. The van der Waals surface area contributed by atoms with Gasteiger partial charge in [0.05, 0.1) is 12.0 Å². The van der Waals surface area contributed by atoms with Gasteiger partial charge in [-0.05, 0) is 19.1 Å². The maximum Gasteiger partial charge on any atom is 0.358 e. The Morgan fingerprint density at radius 2 is 2.35 bits per heavy atom. The molecule has 0 saturated heterocycles. The molecule has 3 aromatic heterocycles. The second-order valence-electron chi connectivity index (χ2n) is 3.98. The van der Waals surface area contributed by atoms with Gasteiger partial charge in [-0.2, -0.15) is 4.98 Å². The van der Waals surface area contributed by atoms with E-state index < -0.39 is 5.97 Å². The average Bonchev–Trinajstić information content (AvgIpc) is 3.12. The van der Waals surface area contributed by atoms with Gasteiger partial charge in [-0.3, -0.25) is 0 Å². The minimum absolute atomic E-state index is 0.101. The molecule has 0 aliphatic rings. The molecule has 0 aliphatic carbocycles. The van der Waals surface area contributed by atoms with Gasteiger partial charge < -0.3 is 14.0 Å². The number of rotatable bonds is 4. The number of carboxylic acid groups (broad SMARTS) is 1. The SMILES string of the molecule is Cc1c(C(=O)O)nnn1Cc1nc(-c2ccco2)no1. The Morgan fingerprint density at radius 3 is 3.00 bits per heavy atom. The van der Waals surface area contributed by atoms with Crippen LogP contribution in [0.5, 0.6) is 0 Å². The maximum atomic E-state index is 10.9. The standard InChI is InChI=1S/C11H9N5O4/c1-6-9(11(17)18)13-15-16(6)5-8-12-10(14-20-8)7-3-2-4-19-7/h2-4H,5H2,1H3,(H,17,18). The molecule has 0 radical (unpaired) electrons. The summed E-state index contributed by atoms with van der Waals surface area (Å²) in [5.41, 5.74) is 0.311. The Labute approximate surface area is 111 Å². The predicted molar refractivity (Wildman–Crippen MR) is 62.8 cm³/mol. The van der Waals surface area contributed by atoms with Crippen molar-refractivity contribution in [3.05, 3.63) is 35.7 Å². The fourth-order valence-corrected chi connectivity index (χ4v) is 1.66. The van der Waals surface area contributed by atoms with Crippen LogP contribution in [-0.4, -0.2) is 36.2 Å². The molecule has 9 heteroatoms. The van der Waals surface area contributed by atoms with E-state index in [1.54, 1.807) is 19.1 Å². The molecule has 3 rings (SSSR count). The van der Waals surface area contributed by atoms with Gasteiger partial charge in [-0.1, -0.05) is 10.4 Å². The van der Waals surface area contributed by atoms with Gasteiger partial charge in [-0.25, -0.2) is 9.48 Å². The molecule has 9 nitrogen and oxygen atoms in total. The van der Waals surface area contributed by atoms with E-state index in [-0.39, 0.29) is 18.1 Å². The minimum atomic E-state index is -1.13. The highest BCUT2D eigenvalue weighted by Crippen LogP contribution is 2.16. The van der Waals surface area contributed by atoms with Crippen molar-refractivity contribution in [1.29, 1.82) is 0 Å². The first-order valence-corrected chi connectivity index (χ1v) is 5.65. The van der Waals surface area contributed by atoms with Gasteiger partial charge in [0, 0.05) is 0 Å². The van der Waals surface area contributed by atoms with Crippen molar-refractivity contribution >= 4 is 5.97 Å². The average molecular weight is 275 g/mol. The normalized spacial score (nSPS) is 10.8. The van der Waals surface area contributed by atoms with Crippen LogP contribution in [0.4, 0.5) is 0 Å². The van der Waals surface area contributed by atoms with Crippen LogP contribution in [0.3, 0.4) is 0 Å². The van der Waals surface area contributed by atoms with Crippen molar-refractivity contribution in [2.75, 3.05) is 0 Å². The highest BCUT2D eigenvalue weighted by atomic mass is 16.5. The third-order valence-corrected chi connectivity index (χ3v) is 2.68. The maximum absolute atomic E-state index is 10.9. The number of carbonyl (C=O) groups is 1. The van der Waals surface area contributed by atoms with Crippen molar-refractivity contribution in [1.82, 2.24) is 25.1 Å². The summed E-state index contributed by atoms with van der Waals surface area (Å²) in [5.74, 6) is -0.0420. The molecule has 0 fully saturated rings. The summed E-state index contributed by atoms with van der Waals surface area (Å²) < 4.78 is 11.6. The molecule has 3 heterocycles. The molecule has 0 saturated carbocycles. The molecule has 0 aromatic carbocycles. The summed E-state index contributed by atoms with van der Waals surface area (Å²) in [4.78, 5) is 15.0. The third kappa shape index (κ3) is 2.05. The van der Waals surface area contributed by atoms with Gasteiger partial charge in [0.2, 0.25) is 11.7 Å². The Balaban J connectivity index is 1.84. The molecule has 0 aliphatic heterocycles. The van der Waals surface area contributed by atoms with E-state index in [9.17, 15) is 4.79 Å². The quantitative estimate of drug-likeness (QED) is 0.747. The van der Waals surface area contributed by atoms with E-state index in [0.29, 0.717) is 17.3 Å². The molecular formula is C11H9N5O4. The number of hydrogen-bond donors (Lipinski definition) is 1. The number of aromatic nitrogens is 5. The predicted octanol–water partition coefficient (Wildman–Crippen LogP) is 0.976. The molecule has 20 heavy (non-hydrogen) atoms. The second-order valence-corrected chi connectivity index (χ2v) is 3.98. The molecule has 3 aromatic rings. The smallest absolute Gasteiger partial charge is 0.358 e. The van der Waals surface area contributed by atoms with Gasteiger partial charge in [0.15, 0.2) is 11.5 Å². The van der Waals surface area contributed by atoms with E-state index in [0.717, 1.165) is 0 Å². The molecule has 0 bridgehead atoms. The first-order valence-electron chi connectivity index (χ1n) is 5.65. The van der Waals surface area contributed by atoms with Crippen molar-refractivity contribution < 1.29 is 18.8 Å². The summed E-state index contributed by atoms with van der Waals surface area (Å²) >= 11 is 0. The zero-order chi connectivity index (χ0) is 14.1. The van der Waals surface area contributed by atoms with Crippen LogP contribution < -0.4 is 0 Å². The van der Waals surface area contributed by atoms with Crippen LogP contribution in [0.1, 0.15) is 22.1 Å². The van der Waals surface area contributed by atoms with E-state index >= 15 is 0 Å². The largest absolute Gasteiger partial charge is 0.476 e. The highest BCUT2D eigenvalue weighted by molar-refractivity contribution is 5.86. The van der Waals surface area contributed by atoms with E-state index in [1.165, 1.54) is 10.9 Å². The van der Waals surface area contributed by atoms with Crippen LogP contribution in [0.2, 0.25) is 0 Å². The van der Waals surface area contributed by atoms with Crippen molar-refractivity contribution in [3.63, 3.8) is 0 Å². The second kappa shape index (κ2) is 4.61. The lowest BCUT2D eigenvalue weighted by Gasteiger charge is -1.97. The van der Waals surface area contributed by atoms with Gasteiger partial charge in [-0.15, -0.1) is 5.10 Å². The van der Waals surface area contributed by atoms with Crippen LogP contribution in [0.15, 0.2) is 27.3 Å². The minimum Gasteiger partial charge on any atom is -0.476 e. The van der Waals surface area contributed by atoms with Crippen LogP contribution in [0, 0.1) is 6.92 Å². The lowest BCUT2D eigenvalue weighted by atomic mass is 10.3. The first-order chi connectivity index (χ1) is 9.65. The monoisotopic (exact) mass is 275 g/mol. The first kappa shape index (κ1) is 12.1. The van der Waals surface area contributed by atoms with Crippen LogP contribution >= 0.6 is 0 Å². The topological polar surface area (TPSA) is 120 Å². The molecule has 0 atom stereocenters.